The van der Waals surface area contributed by atoms with Gasteiger partial charge in [-0.15, -0.1) is 0 Å². The van der Waals surface area contributed by atoms with Crippen LogP contribution in [0.25, 0.3) is 0 Å². The zero-order valence-electron chi connectivity index (χ0n) is 7.24. The van der Waals surface area contributed by atoms with Gasteiger partial charge in [0.2, 0.25) is 0 Å². The molecule has 6 heteroatoms. The van der Waals surface area contributed by atoms with Gasteiger partial charge in [0, 0.05) is 6.42 Å². The predicted molar refractivity (Wildman–Crippen MR) is 36.8 cm³/mol. The Balaban J connectivity index is 4.64. The van der Waals surface area contributed by atoms with Gasteiger partial charge in [0.1, 0.15) is 0 Å². The minimum absolute atomic E-state index is 0.353. The lowest BCUT2D eigenvalue weighted by Gasteiger charge is -2.22. The van der Waals surface area contributed by atoms with E-state index in [1.807, 2.05) is 0 Å². The first-order valence-corrected chi connectivity index (χ1v) is 3.72. The lowest BCUT2D eigenvalue weighted by Crippen LogP contribution is -2.47. The lowest BCUT2D eigenvalue weighted by molar-refractivity contribution is -0.228. The largest absolute Gasteiger partial charge is 0.461 e. The first kappa shape index (κ1) is 12.2. The number of halogens is 4. The topological polar surface area (TPSA) is 26.3 Å². The Morgan fingerprint density at radius 2 is 1.69 bits per heavy atom. The second kappa shape index (κ2) is 3.93. The van der Waals surface area contributed by atoms with Gasteiger partial charge in [0.15, 0.2) is 0 Å². The Labute approximate surface area is 72.9 Å². The van der Waals surface area contributed by atoms with Crippen LogP contribution in [0.1, 0.15) is 20.3 Å². The molecule has 0 rings (SSSR count). The van der Waals surface area contributed by atoms with E-state index in [1.165, 1.54) is 6.92 Å². The van der Waals surface area contributed by atoms with Gasteiger partial charge in [0.25, 0.3) is 0 Å². The van der Waals surface area contributed by atoms with Crippen LogP contribution in [0, 0.1) is 0 Å². The van der Waals surface area contributed by atoms with Crippen molar-refractivity contribution in [2.45, 2.75) is 32.1 Å². The van der Waals surface area contributed by atoms with Gasteiger partial charge < -0.3 is 4.74 Å². The molecular weight excluding hydrogens is 192 g/mol. The van der Waals surface area contributed by atoms with Crippen LogP contribution >= 0.6 is 0 Å². The van der Waals surface area contributed by atoms with E-state index in [2.05, 4.69) is 4.74 Å². The average molecular weight is 202 g/mol. The van der Waals surface area contributed by atoms with E-state index in [9.17, 15) is 22.4 Å². The van der Waals surface area contributed by atoms with E-state index < -0.39 is 24.2 Å². The highest BCUT2D eigenvalue weighted by Crippen LogP contribution is 2.37. The van der Waals surface area contributed by atoms with Gasteiger partial charge in [-0.1, -0.05) is 6.92 Å². The molecule has 0 aliphatic rings. The van der Waals surface area contributed by atoms with Crippen LogP contribution in [0.15, 0.2) is 0 Å². The van der Waals surface area contributed by atoms with Crippen LogP contribution in [0.2, 0.25) is 0 Å². The van der Waals surface area contributed by atoms with Gasteiger partial charge in [-0.05, 0) is 6.92 Å². The number of carbonyl (C=O) groups is 1. The standard InChI is InChI=1S/C7H10F4O2/c1-3-6(8,9)7(10,11)5(12)13-4-2/h3-4H2,1-2H3. The number of carbonyl (C=O) groups excluding carboxylic acids is 1. The molecule has 0 N–H and O–H groups in total. The molecule has 0 spiro atoms. The van der Waals surface area contributed by atoms with E-state index in [4.69, 9.17) is 0 Å². The van der Waals surface area contributed by atoms with Crippen LogP contribution in [-0.2, 0) is 9.53 Å². The van der Waals surface area contributed by atoms with Crippen molar-refractivity contribution in [2.75, 3.05) is 6.61 Å². The van der Waals surface area contributed by atoms with Crippen LogP contribution < -0.4 is 0 Å². The SMILES string of the molecule is CCOC(=O)C(F)(F)C(F)(F)CC. The molecule has 0 heterocycles. The molecule has 78 valence electrons. The molecule has 0 bridgehead atoms. The molecule has 0 aromatic carbocycles. The lowest BCUT2D eigenvalue weighted by atomic mass is 10.1. The van der Waals surface area contributed by atoms with Gasteiger partial charge in [-0.25, -0.2) is 4.79 Å². The molecule has 0 aromatic heterocycles. The zero-order chi connectivity index (χ0) is 10.7. The van der Waals surface area contributed by atoms with Gasteiger partial charge in [-0.2, -0.15) is 17.6 Å². The predicted octanol–water partition coefficient (Wildman–Crippen LogP) is 2.23. The molecule has 0 amide bonds. The van der Waals surface area contributed by atoms with Crippen molar-refractivity contribution in [3.63, 3.8) is 0 Å². The molecule has 0 unspecified atom stereocenters. The quantitative estimate of drug-likeness (QED) is 0.516. The number of alkyl halides is 4. The normalized spacial score (nSPS) is 12.8. The van der Waals surface area contributed by atoms with E-state index in [0.717, 1.165) is 6.92 Å². The van der Waals surface area contributed by atoms with Crippen molar-refractivity contribution in [3.05, 3.63) is 0 Å². The Bertz CT molecular complexity index is 191. The Kier molecular flexibility index (Phi) is 3.69. The van der Waals surface area contributed by atoms with Gasteiger partial charge in [0.05, 0.1) is 6.61 Å². The molecule has 0 fully saturated rings. The summed E-state index contributed by atoms with van der Waals surface area (Å²) in [5, 5.41) is 0. The monoisotopic (exact) mass is 202 g/mol. The van der Waals surface area contributed by atoms with Crippen LogP contribution in [0.3, 0.4) is 0 Å². The fraction of sp³-hybridized carbons (Fsp3) is 0.857. The number of hydrogen-bond acceptors (Lipinski definition) is 2. The fourth-order valence-corrected chi connectivity index (χ4v) is 0.593. The summed E-state index contributed by atoms with van der Waals surface area (Å²) < 4.78 is 53.8. The summed E-state index contributed by atoms with van der Waals surface area (Å²) in [6.07, 6.45) is -1.11. The van der Waals surface area contributed by atoms with Crippen molar-refractivity contribution in [2.24, 2.45) is 0 Å². The first-order chi connectivity index (χ1) is 5.79. The maximum absolute atomic E-state index is 12.6. The van der Waals surface area contributed by atoms with Crippen molar-refractivity contribution >= 4 is 5.97 Å². The molecule has 0 radical (unpaired) electrons. The summed E-state index contributed by atoms with van der Waals surface area (Å²) in [7, 11) is 0. The second-order valence-electron chi connectivity index (χ2n) is 2.35. The highest BCUT2D eigenvalue weighted by atomic mass is 19.3. The van der Waals surface area contributed by atoms with E-state index >= 15 is 0 Å². The second-order valence-corrected chi connectivity index (χ2v) is 2.35. The summed E-state index contributed by atoms with van der Waals surface area (Å²) in [6.45, 7) is 1.78. The van der Waals surface area contributed by atoms with Gasteiger partial charge >= 0.3 is 17.8 Å². The molecule has 0 saturated heterocycles. The third kappa shape index (κ3) is 2.32. The third-order valence-electron chi connectivity index (χ3n) is 1.44. The Morgan fingerprint density at radius 1 is 1.23 bits per heavy atom. The highest BCUT2D eigenvalue weighted by Gasteiger charge is 2.61. The Morgan fingerprint density at radius 3 is 2.00 bits per heavy atom. The van der Waals surface area contributed by atoms with Crippen molar-refractivity contribution < 1.29 is 27.1 Å². The minimum Gasteiger partial charge on any atom is -0.461 e. The number of rotatable bonds is 4. The third-order valence-corrected chi connectivity index (χ3v) is 1.44. The molecule has 0 aliphatic heterocycles. The molecule has 0 atom stereocenters. The molecule has 0 saturated carbocycles. The van der Waals surface area contributed by atoms with Crippen LogP contribution in [-0.4, -0.2) is 24.4 Å². The molecular formula is C7H10F4O2. The maximum atomic E-state index is 12.6. The fourth-order valence-electron chi connectivity index (χ4n) is 0.593. The summed E-state index contributed by atoms with van der Waals surface area (Å²) in [5.74, 6) is -11.3. The summed E-state index contributed by atoms with van der Waals surface area (Å²) in [6, 6.07) is 0. The molecule has 0 aromatic rings. The zero-order valence-corrected chi connectivity index (χ0v) is 7.24. The molecule has 0 aliphatic carbocycles. The number of ether oxygens (including phenoxy) is 1. The minimum atomic E-state index is -4.74. The van der Waals surface area contributed by atoms with Crippen molar-refractivity contribution in [3.8, 4) is 0 Å². The van der Waals surface area contributed by atoms with Crippen LogP contribution in [0.5, 0.6) is 0 Å². The number of esters is 1. The van der Waals surface area contributed by atoms with E-state index in [0.29, 0.717) is 0 Å². The van der Waals surface area contributed by atoms with Gasteiger partial charge in [-0.3, -0.25) is 0 Å². The first-order valence-electron chi connectivity index (χ1n) is 3.72. The smallest absolute Gasteiger partial charge is 0.404 e. The molecule has 2 nitrogen and oxygen atoms in total. The van der Waals surface area contributed by atoms with E-state index in [-0.39, 0.29) is 6.61 Å². The summed E-state index contributed by atoms with van der Waals surface area (Å²) in [4.78, 5) is 10.4. The van der Waals surface area contributed by atoms with E-state index in [1.54, 1.807) is 0 Å². The average Bonchev–Trinajstić information content (AvgIpc) is 2.04. The number of hydrogen-bond donors (Lipinski definition) is 0. The maximum Gasteiger partial charge on any atom is 0.404 e. The Hall–Kier alpha value is -0.810. The van der Waals surface area contributed by atoms with Crippen molar-refractivity contribution in [1.29, 1.82) is 0 Å². The van der Waals surface area contributed by atoms with Crippen LogP contribution in [0.4, 0.5) is 17.6 Å². The summed E-state index contributed by atoms with van der Waals surface area (Å²) in [5.41, 5.74) is 0. The highest BCUT2D eigenvalue weighted by molar-refractivity contribution is 5.78. The van der Waals surface area contributed by atoms with Crippen molar-refractivity contribution in [1.82, 2.24) is 0 Å². The summed E-state index contributed by atoms with van der Waals surface area (Å²) >= 11 is 0. The molecule has 13 heavy (non-hydrogen) atoms.